The van der Waals surface area contributed by atoms with Gasteiger partial charge in [0.1, 0.15) is 16.5 Å². The summed E-state index contributed by atoms with van der Waals surface area (Å²) in [6.07, 6.45) is 5.44. The Hall–Kier alpha value is -1.69. The van der Waals surface area contributed by atoms with E-state index in [9.17, 15) is 4.79 Å². The lowest BCUT2D eigenvalue weighted by Crippen LogP contribution is -2.40. The fourth-order valence-corrected chi connectivity index (χ4v) is 5.23. The van der Waals surface area contributed by atoms with Crippen LogP contribution >= 0.6 is 11.3 Å². The molecule has 2 aromatic rings. The van der Waals surface area contributed by atoms with Crippen molar-refractivity contribution >= 4 is 33.3 Å². The van der Waals surface area contributed by atoms with Gasteiger partial charge in [-0.15, -0.1) is 11.3 Å². The highest BCUT2D eigenvalue weighted by Gasteiger charge is 2.30. The highest BCUT2D eigenvalue weighted by molar-refractivity contribution is 7.19. The predicted octanol–water partition coefficient (Wildman–Crippen LogP) is 3.27. The maximum Gasteiger partial charge on any atom is 0.310 e. The number of rotatable bonds is 3. The van der Waals surface area contributed by atoms with Gasteiger partial charge >= 0.3 is 5.97 Å². The molecule has 4 rings (SSSR count). The molecule has 1 atom stereocenters. The van der Waals surface area contributed by atoms with E-state index in [0.717, 1.165) is 42.3 Å². The molecule has 128 valence electrons. The monoisotopic (exact) mass is 345 g/mol. The number of nitrogens with zero attached hydrogens (tertiary/aromatic N) is 3. The number of fused-ring (bicyclic) bond motifs is 3. The average molecular weight is 345 g/mol. The van der Waals surface area contributed by atoms with Gasteiger partial charge < -0.3 is 9.64 Å². The second-order valence-electron chi connectivity index (χ2n) is 6.67. The van der Waals surface area contributed by atoms with E-state index in [0.29, 0.717) is 13.2 Å². The maximum absolute atomic E-state index is 12.2. The molecular weight excluding hydrogens is 322 g/mol. The summed E-state index contributed by atoms with van der Waals surface area (Å²) in [4.78, 5) is 26.5. The Morgan fingerprint density at radius 2 is 2.21 bits per heavy atom. The highest BCUT2D eigenvalue weighted by atomic mass is 32.1. The summed E-state index contributed by atoms with van der Waals surface area (Å²) < 4.78 is 5.24. The van der Waals surface area contributed by atoms with Crippen molar-refractivity contribution in [2.45, 2.75) is 46.0 Å². The molecular formula is C18H23N3O2S. The van der Waals surface area contributed by atoms with Gasteiger partial charge in [0.25, 0.3) is 0 Å². The average Bonchev–Trinajstić information content (AvgIpc) is 3.15. The van der Waals surface area contributed by atoms with Crippen molar-refractivity contribution in [3.63, 3.8) is 0 Å². The Kier molecular flexibility index (Phi) is 4.16. The number of hydrogen-bond acceptors (Lipinski definition) is 6. The number of ether oxygens (including phenoxy) is 1. The normalized spacial score (nSPS) is 20.4. The number of piperidine rings is 1. The van der Waals surface area contributed by atoms with Crippen LogP contribution in [-0.4, -0.2) is 35.6 Å². The van der Waals surface area contributed by atoms with Crippen molar-refractivity contribution in [3.8, 4) is 0 Å². The van der Waals surface area contributed by atoms with Crippen LogP contribution < -0.4 is 4.90 Å². The molecule has 0 unspecified atom stereocenters. The molecule has 3 heterocycles. The minimum Gasteiger partial charge on any atom is -0.466 e. The summed E-state index contributed by atoms with van der Waals surface area (Å²) in [5, 5.41) is 1.24. The molecule has 6 heteroatoms. The molecule has 0 aromatic carbocycles. The molecule has 1 aliphatic carbocycles. The standard InChI is InChI=1S/C18H23N3O2S/c1-3-23-18(22)12-6-5-9-21(10-12)16-15-13-7-4-8-14(13)24-17(15)20-11(2)19-16/h12H,3-10H2,1-2H3/t12-/m0/s1. The molecule has 0 bridgehead atoms. The Labute approximate surface area is 146 Å². The summed E-state index contributed by atoms with van der Waals surface area (Å²) in [6, 6.07) is 0. The fraction of sp³-hybridized carbons (Fsp3) is 0.611. The number of carbonyl (C=O) groups is 1. The third-order valence-electron chi connectivity index (χ3n) is 5.00. The Morgan fingerprint density at radius 1 is 1.33 bits per heavy atom. The number of hydrogen-bond donors (Lipinski definition) is 0. The van der Waals surface area contributed by atoms with Crippen LogP contribution in [0.2, 0.25) is 0 Å². The molecule has 24 heavy (non-hydrogen) atoms. The van der Waals surface area contributed by atoms with Gasteiger partial charge in [-0.05, 0) is 51.5 Å². The summed E-state index contributed by atoms with van der Waals surface area (Å²) >= 11 is 1.82. The van der Waals surface area contributed by atoms with Gasteiger partial charge in [0.2, 0.25) is 0 Å². The van der Waals surface area contributed by atoms with E-state index in [1.54, 1.807) is 0 Å². The Balaban J connectivity index is 1.71. The Morgan fingerprint density at radius 3 is 3.04 bits per heavy atom. The number of thiophene rings is 1. The van der Waals surface area contributed by atoms with Crippen molar-refractivity contribution in [2.75, 3.05) is 24.6 Å². The lowest BCUT2D eigenvalue weighted by molar-refractivity contribution is -0.148. The first-order chi connectivity index (χ1) is 11.7. The van der Waals surface area contributed by atoms with Gasteiger partial charge in [-0.25, -0.2) is 9.97 Å². The van der Waals surface area contributed by atoms with Gasteiger partial charge in [0.05, 0.1) is 17.9 Å². The largest absolute Gasteiger partial charge is 0.466 e. The number of aromatic nitrogens is 2. The van der Waals surface area contributed by atoms with Crippen LogP contribution in [0.1, 0.15) is 42.5 Å². The van der Waals surface area contributed by atoms with Gasteiger partial charge in [-0.2, -0.15) is 0 Å². The van der Waals surface area contributed by atoms with Crippen LogP contribution in [0.25, 0.3) is 10.2 Å². The molecule has 2 aliphatic rings. The molecule has 5 nitrogen and oxygen atoms in total. The first-order valence-corrected chi connectivity index (χ1v) is 9.69. The van der Waals surface area contributed by atoms with E-state index >= 15 is 0 Å². The highest BCUT2D eigenvalue weighted by Crippen LogP contribution is 2.41. The predicted molar refractivity (Wildman–Crippen MR) is 95.7 cm³/mol. The van der Waals surface area contributed by atoms with Gasteiger partial charge in [-0.1, -0.05) is 0 Å². The van der Waals surface area contributed by atoms with Crippen LogP contribution in [0.3, 0.4) is 0 Å². The lowest BCUT2D eigenvalue weighted by Gasteiger charge is -2.33. The van der Waals surface area contributed by atoms with Crippen molar-refractivity contribution in [1.29, 1.82) is 0 Å². The first-order valence-electron chi connectivity index (χ1n) is 8.88. The summed E-state index contributed by atoms with van der Waals surface area (Å²) in [5.41, 5.74) is 1.45. The third kappa shape index (κ3) is 2.66. The molecule has 0 amide bonds. The number of aryl methyl sites for hydroxylation is 3. The molecule has 2 aromatic heterocycles. The molecule has 1 saturated heterocycles. The molecule has 1 fully saturated rings. The summed E-state index contributed by atoms with van der Waals surface area (Å²) in [6.45, 7) is 5.93. The van der Waals surface area contributed by atoms with Crippen LogP contribution in [0.4, 0.5) is 5.82 Å². The molecule has 0 N–H and O–H groups in total. The summed E-state index contributed by atoms with van der Waals surface area (Å²) in [5.74, 6) is 1.73. The van der Waals surface area contributed by atoms with Gasteiger partial charge in [-0.3, -0.25) is 4.79 Å². The SMILES string of the molecule is CCOC(=O)[C@H]1CCCN(c2nc(C)nc3sc4c(c23)CCC4)C1. The molecule has 0 spiro atoms. The summed E-state index contributed by atoms with van der Waals surface area (Å²) in [7, 11) is 0. The molecule has 0 saturated carbocycles. The van der Waals surface area contributed by atoms with Crippen LogP contribution in [0, 0.1) is 12.8 Å². The second-order valence-corrected chi connectivity index (χ2v) is 7.75. The van der Waals surface area contributed by atoms with Crippen molar-refractivity contribution in [2.24, 2.45) is 5.92 Å². The number of anilines is 1. The van der Waals surface area contributed by atoms with E-state index in [1.807, 2.05) is 25.2 Å². The quantitative estimate of drug-likeness (QED) is 0.799. The van der Waals surface area contributed by atoms with E-state index < -0.39 is 0 Å². The van der Waals surface area contributed by atoms with Crippen molar-refractivity contribution < 1.29 is 9.53 Å². The van der Waals surface area contributed by atoms with Crippen LogP contribution in [0.5, 0.6) is 0 Å². The zero-order chi connectivity index (χ0) is 16.7. The van der Waals surface area contributed by atoms with E-state index in [-0.39, 0.29) is 11.9 Å². The molecule has 0 radical (unpaired) electrons. The first kappa shape index (κ1) is 15.8. The maximum atomic E-state index is 12.2. The van der Waals surface area contributed by atoms with Gasteiger partial charge in [0, 0.05) is 18.0 Å². The molecule has 1 aliphatic heterocycles. The van der Waals surface area contributed by atoms with Crippen LogP contribution in [0.15, 0.2) is 0 Å². The van der Waals surface area contributed by atoms with E-state index in [2.05, 4.69) is 9.88 Å². The van der Waals surface area contributed by atoms with Crippen molar-refractivity contribution in [1.82, 2.24) is 9.97 Å². The zero-order valence-electron chi connectivity index (χ0n) is 14.3. The van der Waals surface area contributed by atoms with E-state index in [1.165, 1.54) is 28.7 Å². The van der Waals surface area contributed by atoms with Crippen molar-refractivity contribution in [3.05, 3.63) is 16.3 Å². The lowest BCUT2D eigenvalue weighted by atomic mass is 9.98. The minimum atomic E-state index is -0.0697. The minimum absolute atomic E-state index is 0.0456. The second kappa shape index (κ2) is 6.31. The fourth-order valence-electron chi connectivity index (χ4n) is 3.93. The van der Waals surface area contributed by atoms with Crippen LogP contribution in [-0.2, 0) is 22.4 Å². The number of carbonyl (C=O) groups excluding carboxylic acids is 1. The Bertz CT molecular complexity index is 786. The van der Waals surface area contributed by atoms with Gasteiger partial charge in [0.15, 0.2) is 0 Å². The van der Waals surface area contributed by atoms with E-state index in [4.69, 9.17) is 9.72 Å². The topological polar surface area (TPSA) is 55.3 Å². The third-order valence-corrected chi connectivity index (χ3v) is 6.18. The smallest absolute Gasteiger partial charge is 0.310 e. The zero-order valence-corrected chi connectivity index (χ0v) is 15.1. The number of esters is 1.